The van der Waals surface area contributed by atoms with Crippen molar-refractivity contribution in [2.75, 3.05) is 11.9 Å². The van der Waals surface area contributed by atoms with Crippen molar-refractivity contribution >= 4 is 17.6 Å². The number of primary amides is 1. The van der Waals surface area contributed by atoms with Gasteiger partial charge in [0.25, 0.3) is 5.91 Å². The van der Waals surface area contributed by atoms with Gasteiger partial charge in [-0.3, -0.25) is 14.6 Å². The highest BCUT2D eigenvalue weighted by Gasteiger charge is 2.09. The zero-order valence-corrected chi connectivity index (χ0v) is 10.2. The number of anilines is 1. The zero-order chi connectivity index (χ0) is 13.5. The number of carbonyl (C=O) groups is 2. The SMILES string of the molecule is CC(CCCNc1ccnc(C(N)=O)c1)C(=O)O. The van der Waals surface area contributed by atoms with Crippen LogP contribution in [0.4, 0.5) is 5.69 Å². The number of carboxylic acid groups (broad SMARTS) is 1. The minimum Gasteiger partial charge on any atom is -0.481 e. The number of nitrogens with two attached hydrogens (primary N) is 1. The summed E-state index contributed by atoms with van der Waals surface area (Å²) < 4.78 is 0. The van der Waals surface area contributed by atoms with Crippen molar-refractivity contribution in [3.05, 3.63) is 24.0 Å². The van der Waals surface area contributed by atoms with Gasteiger partial charge in [-0.2, -0.15) is 0 Å². The van der Waals surface area contributed by atoms with E-state index in [0.717, 1.165) is 12.1 Å². The summed E-state index contributed by atoms with van der Waals surface area (Å²) >= 11 is 0. The number of nitrogens with zero attached hydrogens (tertiary/aromatic N) is 1. The van der Waals surface area contributed by atoms with Crippen LogP contribution in [-0.4, -0.2) is 28.5 Å². The minimum absolute atomic E-state index is 0.207. The van der Waals surface area contributed by atoms with Crippen LogP contribution in [0.2, 0.25) is 0 Å². The lowest BCUT2D eigenvalue weighted by molar-refractivity contribution is -0.141. The maximum Gasteiger partial charge on any atom is 0.306 e. The molecular weight excluding hydrogens is 234 g/mol. The number of rotatable bonds is 7. The minimum atomic E-state index is -0.782. The molecule has 1 amide bonds. The maximum atomic E-state index is 10.9. The summed E-state index contributed by atoms with van der Waals surface area (Å²) in [6.45, 7) is 2.32. The number of hydrogen-bond donors (Lipinski definition) is 3. The number of nitrogens with one attached hydrogen (secondary N) is 1. The van der Waals surface area contributed by atoms with Crippen LogP contribution in [0.15, 0.2) is 18.3 Å². The summed E-state index contributed by atoms with van der Waals surface area (Å²) in [7, 11) is 0. The number of aliphatic carboxylic acids is 1. The van der Waals surface area contributed by atoms with Gasteiger partial charge in [0.15, 0.2) is 0 Å². The highest BCUT2D eigenvalue weighted by atomic mass is 16.4. The topological polar surface area (TPSA) is 105 Å². The van der Waals surface area contributed by atoms with Crippen molar-refractivity contribution < 1.29 is 14.7 Å². The molecule has 0 saturated heterocycles. The first kappa shape index (κ1) is 14.0. The van der Waals surface area contributed by atoms with Crippen molar-refractivity contribution in [1.82, 2.24) is 4.98 Å². The van der Waals surface area contributed by atoms with Crippen molar-refractivity contribution in [3.63, 3.8) is 0 Å². The van der Waals surface area contributed by atoms with Gasteiger partial charge in [0.05, 0.1) is 5.92 Å². The van der Waals surface area contributed by atoms with Crippen molar-refractivity contribution in [1.29, 1.82) is 0 Å². The van der Waals surface area contributed by atoms with Crippen LogP contribution >= 0.6 is 0 Å². The second-order valence-electron chi connectivity index (χ2n) is 4.10. The fraction of sp³-hybridized carbons (Fsp3) is 0.417. The lowest BCUT2D eigenvalue weighted by Gasteiger charge is -2.08. The molecule has 98 valence electrons. The second-order valence-corrected chi connectivity index (χ2v) is 4.10. The van der Waals surface area contributed by atoms with E-state index in [1.54, 1.807) is 19.1 Å². The first-order chi connectivity index (χ1) is 8.50. The lowest BCUT2D eigenvalue weighted by Crippen LogP contribution is -2.14. The zero-order valence-electron chi connectivity index (χ0n) is 10.2. The number of pyridine rings is 1. The third kappa shape index (κ3) is 4.40. The third-order valence-electron chi connectivity index (χ3n) is 2.58. The van der Waals surface area contributed by atoms with E-state index in [-0.39, 0.29) is 11.6 Å². The normalized spacial score (nSPS) is 11.8. The molecule has 1 atom stereocenters. The molecule has 0 aromatic carbocycles. The van der Waals surface area contributed by atoms with Gasteiger partial charge in [-0.05, 0) is 25.0 Å². The van der Waals surface area contributed by atoms with Crippen LogP contribution in [0, 0.1) is 5.92 Å². The van der Waals surface area contributed by atoms with E-state index in [9.17, 15) is 9.59 Å². The summed E-state index contributed by atoms with van der Waals surface area (Å²) in [6, 6.07) is 3.30. The Morgan fingerprint density at radius 3 is 2.89 bits per heavy atom. The summed E-state index contributed by atoms with van der Waals surface area (Å²) in [4.78, 5) is 25.3. The summed E-state index contributed by atoms with van der Waals surface area (Å²) in [5, 5.41) is 11.8. The highest BCUT2D eigenvalue weighted by Crippen LogP contribution is 2.09. The quantitative estimate of drug-likeness (QED) is 0.629. The molecule has 0 fully saturated rings. The fourth-order valence-electron chi connectivity index (χ4n) is 1.44. The molecule has 1 unspecified atom stereocenters. The molecule has 6 nitrogen and oxygen atoms in total. The average molecular weight is 251 g/mol. The van der Waals surface area contributed by atoms with Crippen molar-refractivity contribution in [3.8, 4) is 0 Å². The largest absolute Gasteiger partial charge is 0.481 e. The number of amides is 1. The van der Waals surface area contributed by atoms with Crippen LogP contribution in [0.25, 0.3) is 0 Å². The predicted octanol–water partition coefficient (Wildman–Crippen LogP) is 1.09. The molecule has 0 aliphatic carbocycles. The van der Waals surface area contributed by atoms with Gasteiger partial charge in [-0.25, -0.2) is 0 Å². The molecule has 4 N–H and O–H groups in total. The fourth-order valence-corrected chi connectivity index (χ4v) is 1.44. The van der Waals surface area contributed by atoms with E-state index in [2.05, 4.69) is 10.3 Å². The van der Waals surface area contributed by atoms with E-state index in [1.807, 2.05) is 0 Å². The molecule has 0 bridgehead atoms. The van der Waals surface area contributed by atoms with E-state index >= 15 is 0 Å². The first-order valence-corrected chi connectivity index (χ1v) is 5.73. The van der Waals surface area contributed by atoms with Gasteiger partial charge >= 0.3 is 5.97 Å². The number of hydrogen-bond acceptors (Lipinski definition) is 4. The smallest absolute Gasteiger partial charge is 0.306 e. The molecule has 0 aliphatic heterocycles. The summed E-state index contributed by atoms with van der Waals surface area (Å²) in [6.07, 6.45) is 2.85. The van der Waals surface area contributed by atoms with Crippen LogP contribution in [-0.2, 0) is 4.79 Å². The lowest BCUT2D eigenvalue weighted by atomic mass is 10.1. The Morgan fingerprint density at radius 1 is 1.56 bits per heavy atom. The van der Waals surface area contributed by atoms with Crippen LogP contribution in [0.3, 0.4) is 0 Å². The standard InChI is InChI=1S/C12H17N3O3/c1-8(12(17)18)3-2-5-14-9-4-6-15-10(7-9)11(13)16/h4,6-8H,2-3,5H2,1H3,(H2,13,16)(H,14,15)(H,17,18). The molecule has 1 rings (SSSR count). The van der Waals surface area contributed by atoms with Crippen LogP contribution < -0.4 is 11.1 Å². The Labute approximate surface area is 105 Å². The third-order valence-corrected chi connectivity index (χ3v) is 2.58. The maximum absolute atomic E-state index is 10.9. The van der Waals surface area contributed by atoms with E-state index < -0.39 is 11.9 Å². The summed E-state index contributed by atoms with van der Waals surface area (Å²) in [5.74, 6) is -1.70. The number of carbonyl (C=O) groups excluding carboxylic acids is 1. The Kier molecular flexibility index (Phi) is 5.10. The molecule has 1 aromatic heterocycles. The molecule has 1 aromatic rings. The van der Waals surface area contributed by atoms with Crippen molar-refractivity contribution in [2.45, 2.75) is 19.8 Å². The van der Waals surface area contributed by atoms with Gasteiger partial charge in [0.1, 0.15) is 5.69 Å². The van der Waals surface area contributed by atoms with Crippen molar-refractivity contribution in [2.24, 2.45) is 11.7 Å². The molecule has 1 heterocycles. The van der Waals surface area contributed by atoms with Gasteiger partial charge in [0.2, 0.25) is 0 Å². The predicted molar refractivity (Wildman–Crippen MR) is 67.3 cm³/mol. The van der Waals surface area contributed by atoms with Crippen LogP contribution in [0.5, 0.6) is 0 Å². The summed E-state index contributed by atoms with van der Waals surface area (Å²) in [5.41, 5.74) is 6.07. The van der Waals surface area contributed by atoms with Gasteiger partial charge in [-0.15, -0.1) is 0 Å². The monoisotopic (exact) mass is 251 g/mol. The van der Waals surface area contributed by atoms with Crippen LogP contribution in [0.1, 0.15) is 30.3 Å². The molecule has 0 radical (unpaired) electrons. The Morgan fingerprint density at radius 2 is 2.28 bits per heavy atom. The molecular formula is C12H17N3O3. The second kappa shape index (κ2) is 6.58. The van der Waals surface area contributed by atoms with Gasteiger partial charge < -0.3 is 16.2 Å². The molecule has 0 saturated carbocycles. The average Bonchev–Trinajstić information content (AvgIpc) is 2.34. The van der Waals surface area contributed by atoms with E-state index in [1.165, 1.54) is 6.20 Å². The molecule has 0 aliphatic rings. The Balaban J connectivity index is 2.38. The van der Waals surface area contributed by atoms with Gasteiger partial charge in [0, 0.05) is 18.4 Å². The Hall–Kier alpha value is -2.11. The molecule has 18 heavy (non-hydrogen) atoms. The Bertz CT molecular complexity index is 434. The number of aromatic nitrogens is 1. The van der Waals surface area contributed by atoms with Gasteiger partial charge in [-0.1, -0.05) is 6.92 Å². The van der Waals surface area contributed by atoms with E-state index in [4.69, 9.17) is 10.8 Å². The number of carboxylic acids is 1. The molecule has 0 spiro atoms. The molecule has 6 heteroatoms. The highest BCUT2D eigenvalue weighted by molar-refractivity contribution is 5.91. The first-order valence-electron chi connectivity index (χ1n) is 5.73. The van der Waals surface area contributed by atoms with E-state index in [0.29, 0.717) is 13.0 Å².